The first-order chi connectivity index (χ1) is 19.7. The number of aromatic nitrogens is 3. The number of terminal acetylenes is 1. The Kier molecular flexibility index (Phi) is 8.79. The van der Waals surface area contributed by atoms with E-state index >= 15 is 0 Å². The van der Waals surface area contributed by atoms with Crippen molar-refractivity contribution >= 4 is 34.6 Å². The third-order valence-electron chi connectivity index (χ3n) is 6.89. The number of ether oxygens (including phenoxy) is 1. The lowest BCUT2D eigenvalue weighted by Gasteiger charge is -2.31. The van der Waals surface area contributed by atoms with Gasteiger partial charge in [-0.2, -0.15) is 5.10 Å². The van der Waals surface area contributed by atoms with Crippen LogP contribution in [0.3, 0.4) is 0 Å². The van der Waals surface area contributed by atoms with Gasteiger partial charge in [-0.25, -0.2) is 22.5 Å². The molecule has 0 bridgehead atoms. The molecule has 0 radical (unpaired) electrons. The number of hydrogen-bond donors (Lipinski definition) is 0. The maximum absolute atomic E-state index is 13.3. The van der Waals surface area contributed by atoms with E-state index in [1.807, 2.05) is 5.38 Å². The quantitative estimate of drug-likeness (QED) is 0.215. The zero-order valence-corrected chi connectivity index (χ0v) is 23.1. The summed E-state index contributed by atoms with van der Waals surface area (Å²) in [6, 6.07) is 5.91. The van der Waals surface area contributed by atoms with Crippen LogP contribution in [-0.4, -0.2) is 51.0 Å². The minimum absolute atomic E-state index is 0.0905. The smallest absolute Gasteiger partial charge is 0.282 e. The molecule has 1 saturated heterocycles. The van der Waals surface area contributed by atoms with E-state index in [1.165, 1.54) is 16.2 Å². The van der Waals surface area contributed by atoms with Crippen molar-refractivity contribution in [2.75, 3.05) is 19.7 Å². The van der Waals surface area contributed by atoms with Crippen molar-refractivity contribution in [1.82, 2.24) is 19.7 Å². The monoisotopic (exact) mass is 609 g/mol. The largest absolute Gasteiger partial charge is 0.480 e. The minimum atomic E-state index is -3.02. The molecule has 0 unspecified atom stereocenters. The molecular formula is C27H24ClF4N5O3S. The van der Waals surface area contributed by atoms with E-state index in [0.29, 0.717) is 70.8 Å². The topological polar surface area (TPSA) is 81.8 Å². The van der Waals surface area contributed by atoms with E-state index in [2.05, 4.69) is 16.2 Å². The van der Waals surface area contributed by atoms with Gasteiger partial charge in [0.25, 0.3) is 12.9 Å². The Morgan fingerprint density at radius 1 is 1.24 bits per heavy atom. The van der Waals surface area contributed by atoms with E-state index in [1.54, 1.807) is 18.2 Å². The average molecular weight is 610 g/mol. The van der Waals surface area contributed by atoms with Crippen LogP contribution in [0.15, 0.2) is 34.8 Å². The van der Waals surface area contributed by atoms with Crippen molar-refractivity contribution in [2.45, 2.75) is 50.7 Å². The minimum Gasteiger partial charge on any atom is -0.480 e. The van der Waals surface area contributed by atoms with Crippen LogP contribution in [0.5, 0.6) is 5.75 Å². The van der Waals surface area contributed by atoms with Crippen molar-refractivity contribution in [3.8, 4) is 18.1 Å². The zero-order chi connectivity index (χ0) is 29.1. The average Bonchev–Trinajstić information content (AvgIpc) is 3.72. The number of carbonyl (C=O) groups excluding carboxylic acids is 1. The predicted octanol–water partition coefficient (Wildman–Crippen LogP) is 6.15. The summed E-state index contributed by atoms with van der Waals surface area (Å²) in [6.07, 6.45) is 0.505. The number of nitrogens with zero attached hydrogens (tertiary/aromatic N) is 5. The number of likely N-dealkylation sites (tertiary alicyclic amines) is 1. The second kappa shape index (κ2) is 12.5. The van der Waals surface area contributed by atoms with Gasteiger partial charge in [0.05, 0.1) is 21.3 Å². The number of hydrogen-bond acceptors (Lipinski definition) is 7. The lowest BCUT2D eigenvalue weighted by molar-refractivity contribution is -0.133. The van der Waals surface area contributed by atoms with Gasteiger partial charge in [0.1, 0.15) is 36.0 Å². The van der Waals surface area contributed by atoms with Crippen LogP contribution in [0.25, 0.3) is 0 Å². The third-order valence-corrected chi connectivity index (χ3v) is 8.23. The zero-order valence-electron chi connectivity index (χ0n) is 21.5. The summed E-state index contributed by atoms with van der Waals surface area (Å²) in [5.74, 6) is 2.60. The Morgan fingerprint density at radius 3 is 2.73 bits per heavy atom. The van der Waals surface area contributed by atoms with Crippen LogP contribution in [0.4, 0.5) is 17.6 Å². The standard InChI is InChI=1S/C27H24ClF4N5O3S/c1-2-10-39-21-5-3-4-16(28)24(21)22-12-17(35-40-22)19-14-41-27(33-19)15-6-8-36(9-7-15)23(38)13-37-20(26(31)32)11-18(34-37)25(29)30/h1,3-5,11,14-15,22,25-26H,6-10,12-13H2/t22-/m1/s1. The molecule has 0 aliphatic carbocycles. The van der Waals surface area contributed by atoms with Crippen molar-refractivity contribution in [3.05, 3.63) is 62.3 Å². The third kappa shape index (κ3) is 6.33. The molecule has 0 N–H and O–H groups in total. The highest BCUT2D eigenvalue weighted by Gasteiger charge is 2.32. The van der Waals surface area contributed by atoms with Gasteiger partial charge in [-0.05, 0) is 31.0 Å². The van der Waals surface area contributed by atoms with Crippen molar-refractivity contribution in [2.24, 2.45) is 5.16 Å². The first-order valence-electron chi connectivity index (χ1n) is 12.7. The molecule has 2 aliphatic heterocycles. The number of alkyl halides is 4. The Hall–Kier alpha value is -3.63. The van der Waals surface area contributed by atoms with Crippen LogP contribution in [0.2, 0.25) is 5.02 Å². The van der Waals surface area contributed by atoms with Crippen molar-refractivity contribution in [3.63, 3.8) is 0 Å². The summed E-state index contributed by atoms with van der Waals surface area (Å²) >= 11 is 7.92. The Morgan fingerprint density at radius 2 is 2.02 bits per heavy atom. The van der Waals surface area contributed by atoms with Crippen LogP contribution in [0, 0.1) is 12.3 Å². The molecule has 2 aliphatic rings. The lowest BCUT2D eigenvalue weighted by Crippen LogP contribution is -2.40. The number of thiazole rings is 1. The van der Waals surface area contributed by atoms with E-state index in [0.717, 1.165) is 5.01 Å². The summed E-state index contributed by atoms with van der Waals surface area (Å²) in [5.41, 5.74) is 0.546. The van der Waals surface area contributed by atoms with Gasteiger partial charge in [0, 0.05) is 30.8 Å². The van der Waals surface area contributed by atoms with Crippen LogP contribution >= 0.6 is 22.9 Å². The fourth-order valence-electron chi connectivity index (χ4n) is 4.83. The van der Waals surface area contributed by atoms with Crippen molar-refractivity contribution < 1.29 is 31.9 Å². The lowest BCUT2D eigenvalue weighted by atomic mass is 9.97. The fraction of sp³-hybridized carbons (Fsp3) is 0.407. The summed E-state index contributed by atoms with van der Waals surface area (Å²) in [7, 11) is 0. The summed E-state index contributed by atoms with van der Waals surface area (Å²) in [6.45, 7) is 0.322. The molecule has 14 heteroatoms. The number of amides is 1. The molecule has 1 atom stereocenters. The number of benzene rings is 1. The van der Waals surface area contributed by atoms with E-state index in [9.17, 15) is 22.4 Å². The normalized spacial score (nSPS) is 17.6. The summed E-state index contributed by atoms with van der Waals surface area (Å²) < 4.78 is 58.7. The number of piperidine rings is 1. The summed E-state index contributed by atoms with van der Waals surface area (Å²) in [5, 5.41) is 11.0. The van der Waals surface area contributed by atoms with Crippen LogP contribution < -0.4 is 4.74 Å². The van der Waals surface area contributed by atoms with E-state index in [-0.39, 0.29) is 12.5 Å². The second-order valence-corrected chi connectivity index (χ2v) is 10.8. The molecule has 4 heterocycles. The van der Waals surface area contributed by atoms with Gasteiger partial charge in [-0.1, -0.05) is 28.7 Å². The number of carbonyl (C=O) groups is 1. The number of rotatable bonds is 9. The highest BCUT2D eigenvalue weighted by atomic mass is 35.5. The maximum atomic E-state index is 13.3. The van der Waals surface area contributed by atoms with Crippen LogP contribution in [-0.2, 0) is 16.2 Å². The Balaban J connectivity index is 1.18. The molecule has 5 rings (SSSR count). The van der Waals surface area contributed by atoms with Crippen molar-refractivity contribution in [1.29, 1.82) is 0 Å². The molecule has 8 nitrogen and oxygen atoms in total. The van der Waals surface area contributed by atoms with Gasteiger partial charge >= 0.3 is 0 Å². The first kappa shape index (κ1) is 28.9. The van der Waals surface area contributed by atoms with E-state index < -0.39 is 42.8 Å². The van der Waals surface area contributed by atoms with Gasteiger partial charge in [0.15, 0.2) is 6.10 Å². The highest BCUT2D eigenvalue weighted by molar-refractivity contribution is 7.10. The number of oxime groups is 1. The molecule has 41 heavy (non-hydrogen) atoms. The van der Waals surface area contributed by atoms with Gasteiger partial charge in [0.2, 0.25) is 5.91 Å². The molecule has 1 aromatic carbocycles. The number of halogens is 5. The van der Waals surface area contributed by atoms with Gasteiger partial charge in [-0.3, -0.25) is 9.48 Å². The highest BCUT2D eigenvalue weighted by Crippen LogP contribution is 2.40. The molecule has 0 saturated carbocycles. The SMILES string of the molecule is C#CCOc1cccc(Cl)c1[C@H]1CC(c2csc(C3CCN(C(=O)Cn4nc(C(F)F)cc4C(F)F)CC3)n2)=NO1. The Bertz CT molecular complexity index is 1480. The molecule has 1 fully saturated rings. The molecule has 2 aromatic heterocycles. The second-order valence-electron chi connectivity index (χ2n) is 9.46. The molecular weight excluding hydrogens is 586 g/mol. The fourth-order valence-corrected chi connectivity index (χ4v) is 6.12. The van der Waals surface area contributed by atoms with Gasteiger partial charge < -0.3 is 14.5 Å². The maximum Gasteiger partial charge on any atom is 0.282 e. The Labute approximate surface area is 241 Å². The summed E-state index contributed by atoms with van der Waals surface area (Å²) in [4.78, 5) is 24.8. The molecule has 216 valence electrons. The van der Waals surface area contributed by atoms with Crippen LogP contribution in [0.1, 0.15) is 71.8 Å². The predicted molar refractivity (Wildman–Crippen MR) is 144 cm³/mol. The molecule has 1 amide bonds. The van der Waals surface area contributed by atoms with Gasteiger partial charge in [-0.15, -0.1) is 17.8 Å². The molecule has 0 spiro atoms. The molecule has 3 aromatic rings. The first-order valence-corrected chi connectivity index (χ1v) is 14.0. The van der Waals surface area contributed by atoms with E-state index in [4.69, 9.17) is 32.6 Å².